The molecular formula is C12H6F3O. The molecule has 0 aromatic heterocycles. The van der Waals surface area contributed by atoms with Crippen LogP contribution in [-0.2, 0) is 5.11 Å². The van der Waals surface area contributed by atoms with Crippen molar-refractivity contribution in [2.75, 3.05) is 0 Å². The Labute approximate surface area is 89.8 Å². The van der Waals surface area contributed by atoms with E-state index in [2.05, 4.69) is 0 Å². The van der Waals surface area contributed by atoms with Gasteiger partial charge in [-0.15, -0.1) is 0 Å². The average Bonchev–Trinajstić information content (AvgIpc) is 2.26. The van der Waals surface area contributed by atoms with Crippen LogP contribution in [0.5, 0.6) is 5.75 Å². The van der Waals surface area contributed by atoms with Gasteiger partial charge in [0.05, 0.1) is 0 Å². The highest BCUT2D eigenvalue weighted by Gasteiger charge is 2.11. The second kappa shape index (κ2) is 3.89. The molecule has 0 aliphatic carbocycles. The number of benzene rings is 2. The first-order valence-corrected chi connectivity index (χ1v) is 4.50. The molecule has 0 N–H and O–H groups in total. The van der Waals surface area contributed by atoms with Gasteiger partial charge < -0.3 is 0 Å². The molecule has 0 saturated heterocycles. The summed E-state index contributed by atoms with van der Waals surface area (Å²) in [5.41, 5.74) is 0.647. The average molecular weight is 223 g/mol. The van der Waals surface area contributed by atoms with Crippen LogP contribution in [0.3, 0.4) is 0 Å². The van der Waals surface area contributed by atoms with Crippen LogP contribution in [0, 0.1) is 17.5 Å². The monoisotopic (exact) mass is 223 g/mol. The van der Waals surface area contributed by atoms with Crippen LogP contribution in [0.1, 0.15) is 0 Å². The van der Waals surface area contributed by atoms with Crippen molar-refractivity contribution in [2.24, 2.45) is 0 Å². The Morgan fingerprint density at radius 3 is 1.75 bits per heavy atom. The van der Waals surface area contributed by atoms with E-state index in [0.717, 1.165) is 12.1 Å². The van der Waals surface area contributed by atoms with Gasteiger partial charge in [0.15, 0.2) is 23.2 Å². The van der Waals surface area contributed by atoms with E-state index in [1.54, 1.807) is 0 Å². The van der Waals surface area contributed by atoms with E-state index < -0.39 is 17.5 Å². The predicted molar refractivity (Wildman–Crippen MR) is 51.9 cm³/mol. The molecule has 1 radical (unpaired) electrons. The first kappa shape index (κ1) is 10.5. The van der Waals surface area contributed by atoms with Crippen molar-refractivity contribution >= 4 is 0 Å². The molecule has 0 aliphatic rings. The highest BCUT2D eigenvalue weighted by Crippen LogP contribution is 2.25. The second-order valence-corrected chi connectivity index (χ2v) is 3.28. The molecule has 1 nitrogen and oxygen atoms in total. The van der Waals surface area contributed by atoms with Crippen molar-refractivity contribution in [3.8, 4) is 16.9 Å². The van der Waals surface area contributed by atoms with Crippen molar-refractivity contribution in [3.05, 3.63) is 53.8 Å². The Balaban J connectivity index is 2.52. The van der Waals surface area contributed by atoms with E-state index >= 15 is 0 Å². The summed E-state index contributed by atoms with van der Waals surface area (Å²) in [6.07, 6.45) is 0. The van der Waals surface area contributed by atoms with E-state index in [9.17, 15) is 18.3 Å². The first-order valence-electron chi connectivity index (χ1n) is 4.50. The fraction of sp³-hybridized carbons (Fsp3) is 0. The van der Waals surface area contributed by atoms with Crippen LogP contribution < -0.4 is 0 Å². The molecule has 0 unspecified atom stereocenters. The fourth-order valence-corrected chi connectivity index (χ4v) is 1.37. The Bertz CT molecular complexity index is 497. The number of hydrogen-bond donors (Lipinski definition) is 0. The third-order valence-corrected chi connectivity index (χ3v) is 2.17. The summed E-state index contributed by atoms with van der Waals surface area (Å²) >= 11 is 0. The van der Waals surface area contributed by atoms with Gasteiger partial charge >= 0.3 is 0 Å². The minimum atomic E-state index is -1.50. The molecule has 81 valence electrons. The summed E-state index contributed by atoms with van der Waals surface area (Å²) in [5, 5.41) is 10.8. The molecule has 2 aromatic carbocycles. The van der Waals surface area contributed by atoms with Gasteiger partial charge in [0, 0.05) is 0 Å². The van der Waals surface area contributed by atoms with E-state index in [1.807, 2.05) is 0 Å². The molecule has 2 rings (SSSR count). The molecule has 0 bridgehead atoms. The third kappa shape index (κ3) is 1.86. The minimum absolute atomic E-state index is 0.191. The summed E-state index contributed by atoms with van der Waals surface area (Å²) in [7, 11) is 0. The normalized spacial score (nSPS) is 10.4. The van der Waals surface area contributed by atoms with Crippen molar-refractivity contribution in [1.82, 2.24) is 0 Å². The van der Waals surface area contributed by atoms with Gasteiger partial charge in [-0.3, -0.25) is 5.11 Å². The number of hydrogen-bond acceptors (Lipinski definition) is 0. The van der Waals surface area contributed by atoms with Crippen molar-refractivity contribution in [1.29, 1.82) is 0 Å². The Morgan fingerprint density at radius 2 is 1.25 bits per heavy atom. The zero-order chi connectivity index (χ0) is 11.7. The fourth-order valence-electron chi connectivity index (χ4n) is 1.37. The van der Waals surface area contributed by atoms with Crippen LogP contribution in [-0.4, -0.2) is 0 Å². The molecule has 0 spiro atoms. The Hall–Kier alpha value is -1.97. The third-order valence-electron chi connectivity index (χ3n) is 2.17. The first-order chi connectivity index (χ1) is 7.58. The van der Waals surface area contributed by atoms with Crippen molar-refractivity contribution in [3.63, 3.8) is 0 Å². The zero-order valence-electron chi connectivity index (χ0n) is 8.01. The van der Waals surface area contributed by atoms with E-state index in [1.165, 1.54) is 24.3 Å². The Morgan fingerprint density at radius 1 is 0.750 bits per heavy atom. The molecule has 0 heterocycles. The van der Waals surface area contributed by atoms with Crippen molar-refractivity contribution < 1.29 is 18.3 Å². The topological polar surface area (TPSA) is 19.9 Å². The van der Waals surface area contributed by atoms with Gasteiger partial charge in [0.1, 0.15) is 0 Å². The van der Waals surface area contributed by atoms with Crippen LogP contribution >= 0.6 is 0 Å². The van der Waals surface area contributed by atoms with Crippen LogP contribution in [0.15, 0.2) is 36.4 Å². The maximum absolute atomic E-state index is 12.9. The molecule has 0 fully saturated rings. The lowest BCUT2D eigenvalue weighted by Gasteiger charge is -2.03. The maximum Gasteiger partial charge on any atom is 0.194 e. The summed E-state index contributed by atoms with van der Waals surface area (Å²) in [6.45, 7) is 0. The van der Waals surface area contributed by atoms with Gasteiger partial charge in [-0.2, -0.15) is 0 Å². The van der Waals surface area contributed by atoms with E-state index in [4.69, 9.17) is 0 Å². The van der Waals surface area contributed by atoms with Gasteiger partial charge in [0.25, 0.3) is 0 Å². The lowest BCUT2D eigenvalue weighted by atomic mass is 10.1. The molecule has 4 heteroatoms. The lowest BCUT2D eigenvalue weighted by molar-refractivity contribution is 0.355. The Kier molecular flexibility index (Phi) is 2.56. The molecule has 0 aliphatic heterocycles. The van der Waals surface area contributed by atoms with Crippen molar-refractivity contribution in [2.45, 2.75) is 0 Å². The standard InChI is InChI=1S/C12H6F3O/c13-10-5-8(6-11(14)12(10)15)7-1-3-9(16)4-2-7/h1-6H. The second-order valence-electron chi connectivity index (χ2n) is 3.28. The highest BCUT2D eigenvalue weighted by atomic mass is 19.2. The summed E-state index contributed by atoms with van der Waals surface area (Å²) in [4.78, 5) is 0. The van der Waals surface area contributed by atoms with Crippen LogP contribution in [0.25, 0.3) is 11.1 Å². The van der Waals surface area contributed by atoms with E-state index in [-0.39, 0.29) is 11.3 Å². The highest BCUT2D eigenvalue weighted by molar-refractivity contribution is 5.64. The van der Waals surface area contributed by atoms with E-state index in [0.29, 0.717) is 5.56 Å². The summed E-state index contributed by atoms with van der Waals surface area (Å²) in [5.74, 6) is -4.20. The van der Waals surface area contributed by atoms with Gasteiger partial charge in [0.2, 0.25) is 0 Å². The van der Waals surface area contributed by atoms with Gasteiger partial charge in [-0.05, 0) is 35.4 Å². The zero-order valence-corrected chi connectivity index (χ0v) is 8.01. The minimum Gasteiger partial charge on any atom is -0.290 e. The maximum atomic E-state index is 12.9. The predicted octanol–water partition coefficient (Wildman–Crippen LogP) is 3.91. The van der Waals surface area contributed by atoms with Gasteiger partial charge in [-0.25, -0.2) is 13.2 Å². The molecule has 0 amide bonds. The molecule has 16 heavy (non-hydrogen) atoms. The van der Waals surface area contributed by atoms with Crippen LogP contribution in [0.4, 0.5) is 13.2 Å². The molecular weight excluding hydrogens is 217 g/mol. The molecule has 0 atom stereocenters. The quantitative estimate of drug-likeness (QED) is 0.653. The number of rotatable bonds is 1. The summed E-state index contributed by atoms with van der Waals surface area (Å²) < 4.78 is 38.5. The smallest absolute Gasteiger partial charge is 0.194 e. The van der Waals surface area contributed by atoms with Gasteiger partial charge in [-0.1, -0.05) is 12.1 Å². The van der Waals surface area contributed by atoms with Crippen LogP contribution in [0.2, 0.25) is 0 Å². The number of halogens is 3. The molecule has 2 aromatic rings. The summed E-state index contributed by atoms with van der Waals surface area (Å²) in [6, 6.07) is 7.17. The molecule has 0 saturated carbocycles. The lowest BCUT2D eigenvalue weighted by Crippen LogP contribution is -1.91. The largest absolute Gasteiger partial charge is 0.290 e. The SMILES string of the molecule is [O]c1ccc(-c2cc(F)c(F)c(F)c2)cc1.